The fourth-order valence-electron chi connectivity index (χ4n) is 1.55. The summed E-state index contributed by atoms with van der Waals surface area (Å²) in [6.07, 6.45) is 1.84. The lowest BCUT2D eigenvalue weighted by Crippen LogP contribution is -2.30. The van der Waals surface area contributed by atoms with Crippen molar-refractivity contribution >= 4 is 11.7 Å². The number of nitrogens with two attached hydrogens (primary N) is 1. The quantitative estimate of drug-likeness (QED) is 0.845. The number of anilines is 1. The first kappa shape index (κ1) is 14.4. The number of rotatable bonds is 5. The molecule has 0 aliphatic heterocycles. The standard InChI is InChI=1S/C12H19FN4O/c1-16(2)5-4-6-17(3)12(18)10-7-9(13)8-15-11(10)14/h7-8H,4-6H2,1-3H3,(H2,14,15). The van der Waals surface area contributed by atoms with Gasteiger partial charge in [0.25, 0.3) is 5.91 Å². The Balaban J connectivity index is 2.65. The van der Waals surface area contributed by atoms with Crippen molar-refractivity contribution in [3.8, 4) is 0 Å². The molecule has 0 spiro atoms. The molecular weight excluding hydrogens is 235 g/mol. The molecule has 1 aromatic heterocycles. The Labute approximate surface area is 106 Å². The van der Waals surface area contributed by atoms with Gasteiger partial charge >= 0.3 is 0 Å². The number of amides is 1. The fraction of sp³-hybridized carbons (Fsp3) is 0.500. The van der Waals surface area contributed by atoms with Crippen molar-refractivity contribution in [2.24, 2.45) is 0 Å². The van der Waals surface area contributed by atoms with E-state index in [1.807, 2.05) is 19.0 Å². The van der Waals surface area contributed by atoms with Gasteiger partial charge in [-0.2, -0.15) is 0 Å². The molecule has 1 heterocycles. The lowest BCUT2D eigenvalue weighted by Gasteiger charge is -2.19. The van der Waals surface area contributed by atoms with Gasteiger partial charge in [0.1, 0.15) is 11.6 Å². The van der Waals surface area contributed by atoms with Gasteiger partial charge in [0.05, 0.1) is 11.8 Å². The molecule has 0 saturated heterocycles. The topological polar surface area (TPSA) is 62.5 Å². The molecule has 100 valence electrons. The van der Waals surface area contributed by atoms with Crippen LogP contribution in [0.15, 0.2) is 12.3 Å². The van der Waals surface area contributed by atoms with Crippen molar-refractivity contribution < 1.29 is 9.18 Å². The number of carbonyl (C=O) groups excluding carboxylic acids is 1. The van der Waals surface area contributed by atoms with Crippen molar-refractivity contribution in [3.05, 3.63) is 23.6 Å². The van der Waals surface area contributed by atoms with E-state index in [1.165, 1.54) is 4.90 Å². The van der Waals surface area contributed by atoms with Crippen LogP contribution in [-0.2, 0) is 0 Å². The van der Waals surface area contributed by atoms with E-state index < -0.39 is 5.82 Å². The Kier molecular flexibility index (Phi) is 5.03. The van der Waals surface area contributed by atoms with Crippen LogP contribution in [0.2, 0.25) is 0 Å². The largest absolute Gasteiger partial charge is 0.383 e. The Morgan fingerprint density at radius 3 is 2.67 bits per heavy atom. The highest BCUT2D eigenvalue weighted by atomic mass is 19.1. The summed E-state index contributed by atoms with van der Waals surface area (Å²) in [5.74, 6) is -0.812. The second-order valence-corrected chi connectivity index (χ2v) is 4.47. The summed E-state index contributed by atoms with van der Waals surface area (Å²) in [7, 11) is 5.61. The van der Waals surface area contributed by atoms with Crippen molar-refractivity contribution in [3.63, 3.8) is 0 Å². The molecule has 1 amide bonds. The van der Waals surface area contributed by atoms with Crippen LogP contribution in [0.5, 0.6) is 0 Å². The molecule has 0 bridgehead atoms. The number of pyridine rings is 1. The molecule has 0 saturated carbocycles. The van der Waals surface area contributed by atoms with Crippen LogP contribution in [0.25, 0.3) is 0 Å². The molecule has 0 aromatic carbocycles. The van der Waals surface area contributed by atoms with Gasteiger partial charge in [0.15, 0.2) is 0 Å². The maximum Gasteiger partial charge on any atom is 0.257 e. The van der Waals surface area contributed by atoms with Gasteiger partial charge in [-0.15, -0.1) is 0 Å². The first-order valence-corrected chi connectivity index (χ1v) is 5.73. The minimum Gasteiger partial charge on any atom is -0.383 e. The number of nitrogens with zero attached hydrogens (tertiary/aromatic N) is 3. The Morgan fingerprint density at radius 1 is 1.39 bits per heavy atom. The van der Waals surface area contributed by atoms with Crippen molar-refractivity contribution in [1.29, 1.82) is 0 Å². The predicted molar refractivity (Wildman–Crippen MR) is 68.7 cm³/mol. The first-order chi connectivity index (χ1) is 8.41. The average molecular weight is 254 g/mol. The second-order valence-electron chi connectivity index (χ2n) is 4.47. The molecule has 5 nitrogen and oxygen atoms in total. The molecule has 1 rings (SSSR count). The second kappa shape index (κ2) is 6.30. The minimum atomic E-state index is -0.561. The SMILES string of the molecule is CN(C)CCCN(C)C(=O)c1cc(F)cnc1N. The Morgan fingerprint density at radius 2 is 2.06 bits per heavy atom. The predicted octanol–water partition coefficient (Wildman–Crippen LogP) is 0.827. The van der Waals surface area contributed by atoms with E-state index in [2.05, 4.69) is 4.98 Å². The third-order valence-corrected chi connectivity index (χ3v) is 2.56. The lowest BCUT2D eigenvalue weighted by molar-refractivity contribution is 0.0791. The van der Waals surface area contributed by atoms with Gasteiger partial charge in [0.2, 0.25) is 0 Å². The van der Waals surface area contributed by atoms with E-state index in [0.717, 1.165) is 25.2 Å². The van der Waals surface area contributed by atoms with Gasteiger partial charge in [0, 0.05) is 13.6 Å². The summed E-state index contributed by atoms with van der Waals surface area (Å²) in [5.41, 5.74) is 5.68. The van der Waals surface area contributed by atoms with Crippen molar-refractivity contribution in [2.45, 2.75) is 6.42 Å². The third kappa shape index (κ3) is 3.96. The molecule has 0 atom stereocenters. The van der Waals surface area contributed by atoms with Crippen LogP contribution in [0.4, 0.5) is 10.2 Å². The molecule has 2 N–H and O–H groups in total. The summed E-state index contributed by atoms with van der Waals surface area (Å²) in [5, 5.41) is 0. The minimum absolute atomic E-state index is 0.0564. The lowest BCUT2D eigenvalue weighted by atomic mass is 10.2. The van der Waals surface area contributed by atoms with Gasteiger partial charge in [-0.3, -0.25) is 4.79 Å². The monoisotopic (exact) mass is 254 g/mol. The first-order valence-electron chi connectivity index (χ1n) is 5.73. The highest BCUT2D eigenvalue weighted by molar-refractivity contribution is 5.98. The highest BCUT2D eigenvalue weighted by Gasteiger charge is 2.16. The van der Waals surface area contributed by atoms with E-state index in [0.29, 0.717) is 6.54 Å². The Hall–Kier alpha value is -1.69. The van der Waals surface area contributed by atoms with Crippen molar-refractivity contribution in [1.82, 2.24) is 14.8 Å². The maximum atomic E-state index is 13.0. The molecule has 6 heteroatoms. The molecule has 1 aromatic rings. The van der Waals surface area contributed by atoms with E-state index in [-0.39, 0.29) is 17.3 Å². The molecule has 0 fully saturated rings. The normalized spacial score (nSPS) is 10.7. The summed E-state index contributed by atoms with van der Waals surface area (Å²) in [6, 6.07) is 1.12. The molecule has 0 radical (unpaired) electrons. The number of hydrogen-bond acceptors (Lipinski definition) is 4. The van der Waals surface area contributed by atoms with Crippen LogP contribution in [0.3, 0.4) is 0 Å². The highest BCUT2D eigenvalue weighted by Crippen LogP contribution is 2.12. The van der Waals surface area contributed by atoms with Crippen LogP contribution in [0.1, 0.15) is 16.8 Å². The van der Waals surface area contributed by atoms with Gasteiger partial charge < -0.3 is 15.5 Å². The number of halogens is 1. The van der Waals surface area contributed by atoms with E-state index in [4.69, 9.17) is 5.73 Å². The zero-order valence-corrected chi connectivity index (χ0v) is 11.0. The van der Waals surface area contributed by atoms with Gasteiger partial charge in [-0.1, -0.05) is 0 Å². The zero-order chi connectivity index (χ0) is 13.7. The van der Waals surface area contributed by atoms with Crippen LogP contribution in [-0.4, -0.2) is 54.9 Å². The van der Waals surface area contributed by atoms with Crippen LogP contribution >= 0.6 is 0 Å². The van der Waals surface area contributed by atoms with Crippen LogP contribution in [0, 0.1) is 5.82 Å². The third-order valence-electron chi connectivity index (χ3n) is 2.56. The van der Waals surface area contributed by atoms with E-state index in [9.17, 15) is 9.18 Å². The Bertz CT molecular complexity index is 423. The summed E-state index contributed by atoms with van der Waals surface area (Å²) < 4.78 is 13.0. The van der Waals surface area contributed by atoms with Gasteiger partial charge in [-0.05, 0) is 33.1 Å². The molecule has 0 aliphatic carbocycles. The number of nitrogen functional groups attached to an aromatic ring is 1. The van der Waals surface area contributed by atoms with E-state index >= 15 is 0 Å². The van der Waals surface area contributed by atoms with Gasteiger partial charge in [-0.25, -0.2) is 9.37 Å². The molecule has 0 aliphatic rings. The molecule has 18 heavy (non-hydrogen) atoms. The molecular formula is C12H19FN4O. The van der Waals surface area contributed by atoms with E-state index in [1.54, 1.807) is 7.05 Å². The number of carbonyl (C=O) groups is 1. The summed E-state index contributed by atoms with van der Waals surface area (Å²) in [4.78, 5) is 19.2. The summed E-state index contributed by atoms with van der Waals surface area (Å²) in [6.45, 7) is 1.47. The maximum absolute atomic E-state index is 13.0. The average Bonchev–Trinajstić information content (AvgIpc) is 2.30. The fourth-order valence-corrected chi connectivity index (χ4v) is 1.55. The zero-order valence-electron chi connectivity index (χ0n) is 11.0. The summed E-state index contributed by atoms with van der Waals surface area (Å²) >= 11 is 0. The van der Waals surface area contributed by atoms with Crippen LogP contribution < -0.4 is 5.73 Å². The number of hydrogen-bond donors (Lipinski definition) is 1. The van der Waals surface area contributed by atoms with Crippen molar-refractivity contribution in [2.75, 3.05) is 40.0 Å². The molecule has 0 unspecified atom stereocenters. The number of aromatic nitrogens is 1. The smallest absolute Gasteiger partial charge is 0.257 e.